The lowest BCUT2D eigenvalue weighted by Gasteiger charge is -2.22. The van der Waals surface area contributed by atoms with Crippen LogP contribution in [0, 0.1) is 0 Å². The first-order valence-corrected chi connectivity index (χ1v) is 5.95. The van der Waals surface area contributed by atoms with Gasteiger partial charge in [0.2, 0.25) is 0 Å². The number of nitrogens with zero attached hydrogens (tertiary/aromatic N) is 1. The molecule has 0 spiro atoms. The topological polar surface area (TPSA) is 78.9 Å². The molecule has 1 aromatic rings. The van der Waals surface area contributed by atoms with E-state index in [1.807, 2.05) is 12.1 Å². The maximum Gasteiger partial charge on any atom is 0.326 e. The van der Waals surface area contributed by atoms with E-state index in [0.29, 0.717) is 18.9 Å². The first-order valence-electron chi connectivity index (χ1n) is 5.95. The molecule has 1 aromatic carbocycles. The number of hydrogen-bond donors (Lipinski definition) is 2. The van der Waals surface area contributed by atoms with Gasteiger partial charge in [-0.1, -0.05) is 6.07 Å². The number of likely N-dealkylation sites (N-methyl/N-ethyl adjacent to an activating group) is 1. The van der Waals surface area contributed by atoms with Gasteiger partial charge in [-0.3, -0.25) is 0 Å². The Morgan fingerprint density at radius 3 is 2.74 bits per heavy atom. The van der Waals surface area contributed by atoms with Crippen molar-refractivity contribution in [1.29, 1.82) is 0 Å². The van der Waals surface area contributed by atoms with Crippen LogP contribution < -0.4 is 5.32 Å². The zero-order valence-corrected chi connectivity index (χ0v) is 10.8. The summed E-state index contributed by atoms with van der Waals surface area (Å²) in [6.07, 6.45) is 0. The Balaban J connectivity index is 2.05. The van der Waals surface area contributed by atoms with Gasteiger partial charge in [-0.05, 0) is 30.2 Å². The molecule has 0 bridgehead atoms. The highest BCUT2D eigenvalue weighted by Crippen LogP contribution is 2.23. The Kier molecular flexibility index (Phi) is 3.71. The van der Waals surface area contributed by atoms with Crippen molar-refractivity contribution in [2.45, 2.75) is 26.2 Å². The molecular weight excluding hydrogens is 248 g/mol. The summed E-state index contributed by atoms with van der Waals surface area (Å²) < 4.78 is 5.29. The number of benzene rings is 1. The van der Waals surface area contributed by atoms with Gasteiger partial charge < -0.3 is 20.1 Å². The van der Waals surface area contributed by atoms with E-state index < -0.39 is 18.0 Å². The molecule has 6 nitrogen and oxygen atoms in total. The molecule has 2 rings (SSSR count). The van der Waals surface area contributed by atoms with Crippen LogP contribution in [-0.2, 0) is 22.7 Å². The van der Waals surface area contributed by atoms with E-state index >= 15 is 0 Å². The number of carboxylic acid groups (broad SMARTS) is 1. The summed E-state index contributed by atoms with van der Waals surface area (Å²) in [5, 5.41) is 11.5. The van der Waals surface area contributed by atoms with E-state index in [9.17, 15) is 9.59 Å². The molecule has 0 aromatic heterocycles. The number of nitrogens with one attached hydrogen (secondary N) is 1. The summed E-state index contributed by atoms with van der Waals surface area (Å²) in [5.41, 5.74) is 2.80. The number of fused-ring (bicyclic) bond motifs is 1. The third-order valence-electron chi connectivity index (χ3n) is 3.23. The van der Waals surface area contributed by atoms with Gasteiger partial charge in [0.15, 0.2) is 0 Å². The molecule has 2 N–H and O–H groups in total. The van der Waals surface area contributed by atoms with Crippen molar-refractivity contribution in [1.82, 2.24) is 4.90 Å². The van der Waals surface area contributed by atoms with Crippen LogP contribution in [0.4, 0.5) is 10.5 Å². The van der Waals surface area contributed by atoms with Crippen LogP contribution in [0.1, 0.15) is 18.1 Å². The summed E-state index contributed by atoms with van der Waals surface area (Å²) in [6.45, 7) is 2.60. The van der Waals surface area contributed by atoms with E-state index in [0.717, 1.165) is 16.0 Å². The fourth-order valence-electron chi connectivity index (χ4n) is 1.80. The fourth-order valence-corrected chi connectivity index (χ4v) is 1.80. The number of hydrogen-bond acceptors (Lipinski definition) is 3. The number of rotatable bonds is 3. The van der Waals surface area contributed by atoms with Crippen LogP contribution in [0.2, 0.25) is 0 Å². The van der Waals surface area contributed by atoms with Crippen molar-refractivity contribution in [2.75, 3.05) is 12.4 Å². The molecular formula is C13H16N2O4. The van der Waals surface area contributed by atoms with Gasteiger partial charge in [-0.2, -0.15) is 0 Å². The lowest BCUT2D eigenvalue weighted by Crippen LogP contribution is -2.42. The van der Waals surface area contributed by atoms with Crippen LogP contribution >= 0.6 is 0 Å². The van der Waals surface area contributed by atoms with Gasteiger partial charge in [0.1, 0.15) is 6.04 Å². The van der Waals surface area contributed by atoms with Crippen LogP contribution in [-0.4, -0.2) is 35.1 Å². The number of amides is 2. The Morgan fingerprint density at radius 2 is 2.05 bits per heavy atom. The average Bonchev–Trinajstić information content (AvgIpc) is 2.84. The van der Waals surface area contributed by atoms with Gasteiger partial charge in [0.25, 0.3) is 0 Å². The molecule has 0 aliphatic carbocycles. The Morgan fingerprint density at radius 1 is 1.37 bits per heavy atom. The first kappa shape index (κ1) is 13.4. The molecule has 1 aliphatic heterocycles. The summed E-state index contributed by atoms with van der Waals surface area (Å²) in [5.74, 6) is -1.04. The van der Waals surface area contributed by atoms with Crippen molar-refractivity contribution in [2.24, 2.45) is 0 Å². The minimum atomic E-state index is -1.04. The zero-order chi connectivity index (χ0) is 14.0. The van der Waals surface area contributed by atoms with Gasteiger partial charge in [-0.25, -0.2) is 9.59 Å². The zero-order valence-electron chi connectivity index (χ0n) is 10.8. The van der Waals surface area contributed by atoms with Gasteiger partial charge in [0, 0.05) is 12.7 Å². The lowest BCUT2D eigenvalue weighted by atomic mass is 10.1. The lowest BCUT2D eigenvalue weighted by molar-refractivity contribution is -0.141. The summed E-state index contributed by atoms with van der Waals surface area (Å²) >= 11 is 0. The maximum absolute atomic E-state index is 11.9. The molecule has 1 aliphatic rings. The molecule has 102 valence electrons. The molecule has 1 heterocycles. The van der Waals surface area contributed by atoms with Crippen LogP contribution in [0.15, 0.2) is 18.2 Å². The molecule has 0 fully saturated rings. The maximum atomic E-state index is 11.9. The average molecular weight is 264 g/mol. The van der Waals surface area contributed by atoms with Crippen molar-refractivity contribution >= 4 is 17.7 Å². The predicted molar refractivity (Wildman–Crippen MR) is 68.8 cm³/mol. The standard InChI is InChI=1S/C13H16N2O4/c1-8(12(16)17)15(2)13(18)14-11-4-3-9-6-19-7-10(9)5-11/h3-5,8H,6-7H2,1-2H3,(H,14,18)(H,16,17). The largest absolute Gasteiger partial charge is 0.480 e. The van der Waals surface area contributed by atoms with E-state index in [-0.39, 0.29) is 0 Å². The number of carbonyl (C=O) groups is 2. The second-order valence-electron chi connectivity index (χ2n) is 4.53. The predicted octanol–water partition coefficient (Wildman–Crippen LogP) is 1.65. The summed E-state index contributed by atoms with van der Waals surface area (Å²) in [4.78, 5) is 23.8. The second-order valence-corrected chi connectivity index (χ2v) is 4.53. The highest BCUT2D eigenvalue weighted by molar-refractivity contribution is 5.92. The summed E-state index contributed by atoms with van der Waals surface area (Å²) in [6, 6.07) is 4.20. The smallest absolute Gasteiger partial charge is 0.326 e. The second kappa shape index (κ2) is 5.27. The number of urea groups is 1. The third-order valence-corrected chi connectivity index (χ3v) is 3.23. The summed E-state index contributed by atoms with van der Waals surface area (Å²) in [7, 11) is 1.45. The first-order chi connectivity index (χ1) is 8.99. The molecule has 1 atom stereocenters. The molecule has 19 heavy (non-hydrogen) atoms. The molecule has 2 amide bonds. The molecule has 0 radical (unpaired) electrons. The number of carbonyl (C=O) groups excluding carboxylic acids is 1. The molecule has 0 saturated carbocycles. The number of aliphatic carboxylic acids is 1. The van der Waals surface area contributed by atoms with E-state index in [1.165, 1.54) is 14.0 Å². The number of carboxylic acids is 1. The van der Waals surface area contributed by atoms with Crippen molar-refractivity contribution in [3.05, 3.63) is 29.3 Å². The van der Waals surface area contributed by atoms with Gasteiger partial charge in [-0.15, -0.1) is 0 Å². The SMILES string of the molecule is CC(C(=O)O)N(C)C(=O)Nc1ccc2c(c1)COC2. The van der Waals surface area contributed by atoms with Crippen LogP contribution in [0.3, 0.4) is 0 Å². The third kappa shape index (κ3) is 2.85. The van der Waals surface area contributed by atoms with E-state index in [1.54, 1.807) is 6.07 Å². The monoisotopic (exact) mass is 264 g/mol. The van der Waals surface area contributed by atoms with Crippen LogP contribution in [0.5, 0.6) is 0 Å². The highest BCUT2D eigenvalue weighted by atomic mass is 16.5. The fraction of sp³-hybridized carbons (Fsp3) is 0.385. The minimum Gasteiger partial charge on any atom is -0.480 e. The molecule has 0 saturated heterocycles. The molecule has 1 unspecified atom stereocenters. The Bertz CT molecular complexity index is 515. The van der Waals surface area contributed by atoms with Gasteiger partial charge >= 0.3 is 12.0 Å². The highest BCUT2D eigenvalue weighted by Gasteiger charge is 2.22. The Hall–Kier alpha value is -2.08. The van der Waals surface area contributed by atoms with Crippen molar-refractivity contribution < 1.29 is 19.4 Å². The van der Waals surface area contributed by atoms with Crippen LogP contribution in [0.25, 0.3) is 0 Å². The normalized spacial score (nSPS) is 14.6. The molecule has 6 heteroatoms. The Labute approximate surface area is 111 Å². The van der Waals surface area contributed by atoms with Crippen molar-refractivity contribution in [3.8, 4) is 0 Å². The number of anilines is 1. The van der Waals surface area contributed by atoms with E-state index in [2.05, 4.69) is 5.32 Å². The quantitative estimate of drug-likeness (QED) is 0.870. The number of ether oxygens (including phenoxy) is 1. The van der Waals surface area contributed by atoms with Crippen molar-refractivity contribution in [3.63, 3.8) is 0 Å². The van der Waals surface area contributed by atoms with E-state index in [4.69, 9.17) is 9.84 Å². The van der Waals surface area contributed by atoms with Gasteiger partial charge in [0.05, 0.1) is 13.2 Å². The minimum absolute atomic E-state index is 0.450.